The predicted molar refractivity (Wildman–Crippen MR) is 89.5 cm³/mol. The Labute approximate surface area is 136 Å². The van der Waals surface area contributed by atoms with Crippen molar-refractivity contribution in [3.8, 4) is 0 Å². The van der Waals surface area contributed by atoms with E-state index in [2.05, 4.69) is 45.2 Å². The molecule has 7 heteroatoms. The van der Waals surface area contributed by atoms with E-state index in [4.69, 9.17) is 5.73 Å². The molecule has 0 fully saturated rings. The molecule has 2 unspecified atom stereocenters. The molecule has 1 aromatic carbocycles. The lowest BCUT2D eigenvalue weighted by Crippen LogP contribution is -2.26. The minimum absolute atomic E-state index is 0.00622. The number of aromatic amines is 1. The maximum Gasteiger partial charge on any atom is 0.343 e. The van der Waals surface area contributed by atoms with Crippen LogP contribution in [0, 0.1) is 0 Å². The molecule has 5 nitrogen and oxygen atoms in total. The highest BCUT2D eigenvalue weighted by Gasteiger charge is 2.23. The fraction of sp³-hybridized carbons (Fsp3) is 0.429. The van der Waals surface area contributed by atoms with Crippen molar-refractivity contribution in [1.82, 2.24) is 14.8 Å². The summed E-state index contributed by atoms with van der Waals surface area (Å²) in [6, 6.07) is 8.11. The van der Waals surface area contributed by atoms with Gasteiger partial charge in [0.05, 0.1) is 5.25 Å². The summed E-state index contributed by atoms with van der Waals surface area (Å²) in [5.74, 6) is 0. The lowest BCUT2D eigenvalue weighted by Gasteiger charge is -2.22. The second-order valence-corrected chi connectivity index (χ2v) is 6.74. The Hall–Kier alpha value is -1.05. The SMILES string of the molecule is CCC(N)C(Sc1n[nH]c(=O)n1CC)c1ccc(Br)cc1. The zero-order valence-corrected chi connectivity index (χ0v) is 14.4. The number of halogens is 1. The summed E-state index contributed by atoms with van der Waals surface area (Å²) in [5.41, 5.74) is 7.23. The first kappa shape index (κ1) is 16.3. The van der Waals surface area contributed by atoms with Gasteiger partial charge < -0.3 is 5.73 Å². The lowest BCUT2D eigenvalue weighted by molar-refractivity contribution is 0.621. The van der Waals surface area contributed by atoms with Gasteiger partial charge in [0.2, 0.25) is 0 Å². The van der Waals surface area contributed by atoms with E-state index >= 15 is 0 Å². The third-order valence-electron chi connectivity index (χ3n) is 3.33. The standard InChI is InChI=1S/C14H19BrN4OS/c1-3-11(16)12(9-5-7-10(15)8-6-9)21-14-18-17-13(20)19(14)4-2/h5-8,11-12H,3-4,16H2,1-2H3,(H,17,20). The fourth-order valence-electron chi connectivity index (χ4n) is 2.05. The normalized spacial score (nSPS) is 14.1. The number of nitrogens with one attached hydrogen (secondary N) is 1. The molecule has 1 heterocycles. The lowest BCUT2D eigenvalue weighted by atomic mass is 10.0. The number of nitrogens with two attached hydrogens (primary N) is 1. The Balaban J connectivity index is 2.32. The van der Waals surface area contributed by atoms with Crippen molar-refractivity contribution in [3.05, 3.63) is 44.8 Å². The number of rotatable bonds is 6. The van der Waals surface area contributed by atoms with Crippen LogP contribution in [0.1, 0.15) is 31.1 Å². The van der Waals surface area contributed by atoms with E-state index in [1.54, 1.807) is 4.57 Å². The van der Waals surface area contributed by atoms with Crippen LogP contribution in [-0.2, 0) is 6.54 Å². The summed E-state index contributed by atoms with van der Waals surface area (Å²) in [7, 11) is 0. The van der Waals surface area contributed by atoms with Gasteiger partial charge >= 0.3 is 5.69 Å². The molecule has 2 atom stereocenters. The molecule has 114 valence electrons. The molecule has 2 rings (SSSR count). The van der Waals surface area contributed by atoms with Crippen molar-refractivity contribution in [2.75, 3.05) is 0 Å². The first-order chi connectivity index (χ1) is 10.1. The van der Waals surface area contributed by atoms with Crippen LogP contribution < -0.4 is 11.4 Å². The van der Waals surface area contributed by atoms with Crippen molar-refractivity contribution >= 4 is 27.7 Å². The van der Waals surface area contributed by atoms with Crippen molar-refractivity contribution in [1.29, 1.82) is 0 Å². The van der Waals surface area contributed by atoms with Crippen LogP contribution in [0.15, 0.2) is 38.7 Å². The molecular formula is C14H19BrN4OS. The third kappa shape index (κ3) is 3.78. The van der Waals surface area contributed by atoms with Gasteiger partial charge in [0.25, 0.3) is 0 Å². The van der Waals surface area contributed by atoms with E-state index < -0.39 is 0 Å². The predicted octanol–water partition coefficient (Wildman–Crippen LogP) is 2.92. The van der Waals surface area contributed by atoms with E-state index in [-0.39, 0.29) is 17.0 Å². The van der Waals surface area contributed by atoms with Crippen LogP contribution in [0.2, 0.25) is 0 Å². The summed E-state index contributed by atoms with van der Waals surface area (Å²) >= 11 is 4.97. The Bertz CT molecular complexity index is 637. The molecule has 21 heavy (non-hydrogen) atoms. The fourth-order valence-corrected chi connectivity index (χ4v) is 3.64. The van der Waals surface area contributed by atoms with Crippen molar-refractivity contribution < 1.29 is 0 Å². The Morgan fingerprint density at radius 3 is 2.62 bits per heavy atom. The zero-order valence-electron chi connectivity index (χ0n) is 12.0. The van der Waals surface area contributed by atoms with Gasteiger partial charge in [-0.1, -0.05) is 46.7 Å². The van der Waals surface area contributed by atoms with Gasteiger partial charge in [-0.05, 0) is 31.0 Å². The van der Waals surface area contributed by atoms with Gasteiger partial charge in [0.1, 0.15) is 0 Å². The number of nitrogens with zero attached hydrogens (tertiary/aromatic N) is 2. The molecule has 0 saturated carbocycles. The van der Waals surface area contributed by atoms with E-state index in [0.29, 0.717) is 11.7 Å². The second-order valence-electron chi connectivity index (χ2n) is 4.72. The number of thioether (sulfide) groups is 1. The van der Waals surface area contributed by atoms with E-state index in [1.165, 1.54) is 11.8 Å². The van der Waals surface area contributed by atoms with Gasteiger partial charge in [-0.25, -0.2) is 9.89 Å². The van der Waals surface area contributed by atoms with Crippen LogP contribution >= 0.6 is 27.7 Å². The Morgan fingerprint density at radius 2 is 2.05 bits per heavy atom. The molecule has 0 amide bonds. The summed E-state index contributed by atoms with van der Waals surface area (Å²) in [6.45, 7) is 4.58. The van der Waals surface area contributed by atoms with Crippen molar-refractivity contribution in [2.45, 2.75) is 43.3 Å². The number of hydrogen-bond donors (Lipinski definition) is 2. The molecule has 1 aromatic heterocycles. The van der Waals surface area contributed by atoms with Crippen LogP contribution in [-0.4, -0.2) is 20.8 Å². The molecule has 2 aromatic rings. The van der Waals surface area contributed by atoms with Crippen LogP contribution in [0.4, 0.5) is 0 Å². The summed E-state index contributed by atoms with van der Waals surface area (Å²) in [4.78, 5) is 11.7. The molecule has 0 saturated heterocycles. The minimum atomic E-state index is -0.181. The van der Waals surface area contributed by atoms with Gasteiger partial charge in [-0.15, -0.1) is 5.10 Å². The van der Waals surface area contributed by atoms with E-state index in [9.17, 15) is 4.79 Å². The highest BCUT2D eigenvalue weighted by molar-refractivity contribution is 9.10. The van der Waals surface area contributed by atoms with Gasteiger partial charge in [0.15, 0.2) is 5.16 Å². The summed E-state index contributed by atoms with van der Waals surface area (Å²) in [5, 5.41) is 7.35. The van der Waals surface area contributed by atoms with Gasteiger partial charge in [-0.3, -0.25) is 4.57 Å². The quantitative estimate of drug-likeness (QED) is 0.766. The maximum atomic E-state index is 11.7. The number of H-pyrrole nitrogens is 1. The Morgan fingerprint density at radius 1 is 1.38 bits per heavy atom. The monoisotopic (exact) mass is 370 g/mol. The maximum absolute atomic E-state index is 11.7. The summed E-state index contributed by atoms with van der Waals surface area (Å²) in [6.07, 6.45) is 0.856. The van der Waals surface area contributed by atoms with Gasteiger partial charge in [-0.2, -0.15) is 0 Å². The Kier molecular flexibility index (Phi) is 5.66. The topological polar surface area (TPSA) is 76.7 Å². The number of aromatic nitrogens is 3. The van der Waals surface area contributed by atoms with Crippen LogP contribution in [0.3, 0.4) is 0 Å². The highest BCUT2D eigenvalue weighted by atomic mass is 79.9. The molecule has 0 radical (unpaired) electrons. The van der Waals surface area contributed by atoms with E-state index in [0.717, 1.165) is 16.5 Å². The van der Waals surface area contributed by atoms with Gasteiger partial charge in [0, 0.05) is 17.1 Å². The zero-order chi connectivity index (χ0) is 15.4. The summed E-state index contributed by atoms with van der Waals surface area (Å²) < 4.78 is 2.66. The number of hydrogen-bond acceptors (Lipinski definition) is 4. The highest BCUT2D eigenvalue weighted by Crippen LogP contribution is 2.37. The van der Waals surface area contributed by atoms with Crippen molar-refractivity contribution in [2.24, 2.45) is 5.73 Å². The third-order valence-corrected chi connectivity index (χ3v) is 5.26. The average molecular weight is 371 g/mol. The molecule has 0 bridgehead atoms. The number of benzene rings is 1. The van der Waals surface area contributed by atoms with Crippen LogP contribution in [0.25, 0.3) is 0 Å². The molecule has 0 aliphatic heterocycles. The minimum Gasteiger partial charge on any atom is -0.326 e. The molecular weight excluding hydrogens is 352 g/mol. The molecule has 0 aliphatic rings. The largest absolute Gasteiger partial charge is 0.343 e. The van der Waals surface area contributed by atoms with E-state index in [1.807, 2.05) is 19.1 Å². The molecule has 3 N–H and O–H groups in total. The van der Waals surface area contributed by atoms with Crippen molar-refractivity contribution in [3.63, 3.8) is 0 Å². The first-order valence-corrected chi connectivity index (χ1v) is 8.57. The molecule has 0 spiro atoms. The second kappa shape index (κ2) is 7.29. The average Bonchev–Trinajstić information content (AvgIpc) is 2.85. The molecule has 0 aliphatic carbocycles. The smallest absolute Gasteiger partial charge is 0.326 e. The van der Waals surface area contributed by atoms with Crippen LogP contribution in [0.5, 0.6) is 0 Å². The first-order valence-electron chi connectivity index (χ1n) is 6.89.